The van der Waals surface area contributed by atoms with Crippen molar-refractivity contribution in [1.29, 1.82) is 0 Å². The topological polar surface area (TPSA) is 335 Å². The number of hydrogen-bond donors (Lipinski definition) is 14. The molecular weight excluding hydrogens is 1160 g/mol. The quantitative estimate of drug-likeness (QED) is 0.0209. The van der Waals surface area contributed by atoms with Crippen molar-refractivity contribution in [2.24, 2.45) is 5.73 Å². The van der Waals surface area contributed by atoms with Gasteiger partial charge in [0.05, 0.1) is 56.8 Å². The molecule has 4 unspecified atom stereocenters. The lowest BCUT2D eigenvalue weighted by Crippen LogP contribution is -2.60. The molecule has 2 fully saturated rings. The number of nitrogens with one attached hydrogen (secondary N) is 1. The first-order chi connectivity index (χ1) is 44.1. The molecule has 91 heavy (non-hydrogen) atoms. The number of aliphatic hydroxyl groups is 12. The zero-order valence-corrected chi connectivity index (χ0v) is 53.4. The lowest BCUT2D eigenvalue weighted by atomic mass is 9.98. The molecule has 19 nitrogen and oxygen atoms in total. The fraction of sp³-hybridized carbons (Fsp3) is 0.681. The Kier molecular flexibility index (Phi) is 50.7. The van der Waals surface area contributed by atoms with Crippen LogP contribution < -0.4 is 11.1 Å². The van der Waals surface area contributed by atoms with Crippen LogP contribution in [0.15, 0.2) is 0 Å². The zero-order valence-electron chi connectivity index (χ0n) is 53.4. The number of hydrogen-bond acceptors (Lipinski definition) is 18. The Morgan fingerprint density at radius 3 is 1.05 bits per heavy atom. The summed E-state index contributed by atoms with van der Waals surface area (Å²) in [6.07, 6.45) is 9.46. The maximum absolute atomic E-state index is 12.7. The molecule has 544 valence electrons. The Hall–Kier alpha value is -6.05. The average Bonchev–Trinajstić information content (AvgIpc) is 0.823. The lowest BCUT2D eigenvalue weighted by Gasteiger charge is -2.40. The van der Waals surface area contributed by atoms with Crippen LogP contribution in [0.4, 0.5) is 0 Å². The van der Waals surface area contributed by atoms with Crippen molar-refractivity contribution >= 4 is 5.91 Å². The van der Waals surface area contributed by atoms with Crippen molar-refractivity contribution in [3.05, 3.63) is 0 Å². The Balaban J connectivity index is -0.0000000668. The van der Waals surface area contributed by atoms with Crippen LogP contribution in [-0.2, 0) is 23.7 Å². The number of aliphatic hydroxyl groups excluding tert-OH is 12. The van der Waals surface area contributed by atoms with E-state index in [0.717, 1.165) is 38.5 Å². The fourth-order valence-electron chi connectivity index (χ4n) is 9.34. The number of rotatable bonds is 39. The number of ether oxygens (including phenoxy) is 4. The predicted octanol–water partition coefficient (Wildman–Crippen LogP) is 7.51. The van der Waals surface area contributed by atoms with Crippen molar-refractivity contribution in [1.82, 2.24) is 5.32 Å². The van der Waals surface area contributed by atoms with E-state index in [1.165, 1.54) is 109 Å². The molecule has 0 aromatic carbocycles. The van der Waals surface area contributed by atoms with Gasteiger partial charge in [-0.1, -0.05) is 174 Å². The summed E-state index contributed by atoms with van der Waals surface area (Å²) in [5.74, 6) is 53.4. The summed E-state index contributed by atoms with van der Waals surface area (Å²) in [6, 6.07) is -2.15. The Bertz CT molecular complexity index is 2830. The Labute approximate surface area is 574 Å². The van der Waals surface area contributed by atoms with Gasteiger partial charge >= 0.3 is 0 Å². The van der Waals surface area contributed by atoms with E-state index in [0.29, 0.717) is 12.8 Å². The molecule has 0 aromatic heterocycles. The number of nitrogens with two attached hydrogens (primary N) is 1. The molecule has 0 aromatic rings. The zero-order chi connectivity index (χ0) is 67.1. The fourth-order valence-corrected chi connectivity index (χ4v) is 9.34. The second kappa shape index (κ2) is 55.6. The molecule has 15 N–H and O–H groups in total. The molecule has 16 atom stereocenters. The predicted molar refractivity (Wildman–Crippen MR) is 392 cm³/mol. The van der Waals surface area contributed by atoms with Gasteiger partial charge in [0.15, 0.2) is 12.6 Å². The highest BCUT2D eigenvalue weighted by Crippen LogP contribution is 2.25. The van der Waals surface area contributed by atoms with E-state index in [4.69, 9.17) is 24.7 Å². The number of unbranched alkanes of at least 4 members (excludes halogenated alkanes) is 22. The molecule has 2 rings (SSSR count). The summed E-state index contributed by atoms with van der Waals surface area (Å²) >= 11 is 0. The van der Waals surface area contributed by atoms with Gasteiger partial charge in [-0.2, -0.15) is 0 Å². The van der Waals surface area contributed by atoms with Gasteiger partial charge < -0.3 is 91.3 Å². The van der Waals surface area contributed by atoms with E-state index in [1.54, 1.807) is 6.92 Å². The molecule has 1 amide bonds. The van der Waals surface area contributed by atoms with Gasteiger partial charge in [0.25, 0.3) is 5.91 Å². The van der Waals surface area contributed by atoms with Crippen molar-refractivity contribution in [2.45, 2.75) is 286 Å². The van der Waals surface area contributed by atoms with E-state index < -0.39 is 124 Å². The van der Waals surface area contributed by atoms with Crippen molar-refractivity contribution in [3.63, 3.8) is 0 Å². The van der Waals surface area contributed by atoms with Crippen LogP contribution in [0.25, 0.3) is 0 Å². The third kappa shape index (κ3) is 39.8. The van der Waals surface area contributed by atoms with E-state index >= 15 is 0 Å². The van der Waals surface area contributed by atoms with Crippen LogP contribution in [0.1, 0.15) is 219 Å². The van der Waals surface area contributed by atoms with Crippen LogP contribution in [0.2, 0.25) is 0 Å². The van der Waals surface area contributed by atoms with Gasteiger partial charge in [0.1, 0.15) is 54.9 Å². The monoisotopic (exact) mass is 1310 g/mol. The maximum Gasteiger partial charge on any atom is 0.297 e. The SMILES string of the molecule is CC#CC#CC#CC#CC#CC#CC#CC#CC#CC#CC#CC(=O)N[C@@H](CO[C@H]1OC(CO)[C@H](O)[C@H](O)C1O)[C@H](O)[C@H](O)CCCCCCCCCCCCCC.CCCCCCCCCCCCCC[C@@H](O)[C@@H](O)[C@@H](N)CO[C@H]1OC(CO)[C@H](O)[C@H](O)C1O.[HH].[HH].[HH].[HH].[HH].[HH].[HH].[HH].[HH].[HH].[HH].[HH].[HH].[HH].[HH].[HH].[HH].[HH].[HH].[HH].[HH].[HH]. The van der Waals surface area contributed by atoms with Crippen LogP contribution in [0.3, 0.4) is 0 Å². The van der Waals surface area contributed by atoms with E-state index in [9.17, 15) is 66.1 Å². The highest BCUT2D eigenvalue weighted by Gasteiger charge is 2.46. The third-order valence-corrected chi connectivity index (χ3v) is 14.7. The van der Waals surface area contributed by atoms with E-state index in [-0.39, 0.29) is 44.4 Å². The molecule has 0 saturated carbocycles. The summed E-state index contributed by atoms with van der Waals surface area (Å²) in [5, 5.41) is 124. The number of carbonyl (C=O) groups excluding carboxylic acids is 1. The van der Waals surface area contributed by atoms with E-state index in [1.807, 2.05) is 0 Å². The minimum absolute atomic E-state index is 0. The first-order valence-electron chi connectivity index (χ1n) is 32.1. The summed E-state index contributed by atoms with van der Waals surface area (Å²) in [7, 11) is 0. The minimum Gasteiger partial charge on any atom is -0.394 e. The van der Waals surface area contributed by atoms with Crippen molar-refractivity contribution < 1.29 is 116 Å². The molecule has 2 aliphatic heterocycles. The Morgan fingerprint density at radius 1 is 0.429 bits per heavy atom. The van der Waals surface area contributed by atoms with Gasteiger partial charge in [0, 0.05) is 61.0 Å². The standard InChI is InChI=1S/C48H51NO9.C24H49NO8.22H2/c1-3-5-7-9-11-13-15-17-18-19-20-21-22-23-24-25-27-29-31-33-35-37-43(52)49-40(39-57-48-47(56)46(55)45(54)42(38-50)58-48)44(53)41(51)36-34-32-30-28-26-16-14-12-10-8-6-4-2;1-2-3-4-5-6-7-8-9-10-11-12-13-14-18(27)20(28)17(25)16-32-24-23(31)22(30)21(29)19(15-26)33-24;;;;;;;;;;;;;;;;;;;;;;/h40-42,44-48,50-51,53-56H,4,6,8,10,12,14,16,26,28,30,32,34,36,38-39H2,1-2H3,(H,49,52);17-24,26-31H,2-16,25H2,1H3;22*1H/t40-,41+,42?,44-,45-,46-,47?,48-;17-,18+,19?,20-,21-,22-,23?,24-;;;;;;;;;;;;;;;;;;;;;;/m00....................../s1. The van der Waals surface area contributed by atoms with Crippen LogP contribution in [-0.4, -0.2) is 192 Å². The normalized spacial score (nSPS) is 22.0. The second-order valence-corrected chi connectivity index (χ2v) is 22.2. The summed E-state index contributed by atoms with van der Waals surface area (Å²) < 4.78 is 21.5. The first kappa shape index (κ1) is 83.0. The number of carbonyl (C=O) groups is 1. The highest BCUT2D eigenvalue weighted by molar-refractivity contribution is 5.94. The average molecular weight is 1310 g/mol. The van der Waals surface area contributed by atoms with Gasteiger partial charge in [0.2, 0.25) is 0 Å². The maximum atomic E-state index is 12.7. The molecule has 0 spiro atoms. The van der Waals surface area contributed by atoms with E-state index in [2.05, 4.69) is 149 Å². The van der Waals surface area contributed by atoms with Gasteiger partial charge in [-0.3, -0.25) is 4.79 Å². The molecular formula is C72H144N2O17. The lowest BCUT2D eigenvalue weighted by molar-refractivity contribution is -0.303. The molecule has 0 bridgehead atoms. The summed E-state index contributed by atoms with van der Waals surface area (Å²) in [5.41, 5.74) is 5.91. The molecule has 19 heteroatoms. The van der Waals surface area contributed by atoms with Crippen molar-refractivity contribution in [2.75, 3.05) is 26.4 Å². The van der Waals surface area contributed by atoms with Gasteiger partial charge in [-0.15, -0.1) is 0 Å². The van der Waals surface area contributed by atoms with Gasteiger partial charge in [-0.25, -0.2) is 0 Å². The smallest absolute Gasteiger partial charge is 0.297 e. The molecule has 2 aliphatic rings. The number of amides is 1. The van der Waals surface area contributed by atoms with Crippen LogP contribution in [0.5, 0.6) is 0 Å². The molecule has 0 aliphatic carbocycles. The largest absolute Gasteiger partial charge is 0.394 e. The Morgan fingerprint density at radius 2 is 0.725 bits per heavy atom. The summed E-state index contributed by atoms with van der Waals surface area (Å²) in [6.45, 7) is 4.17. The van der Waals surface area contributed by atoms with Crippen molar-refractivity contribution in [3.8, 4) is 130 Å². The first-order valence-corrected chi connectivity index (χ1v) is 32.1. The molecule has 0 radical (unpaired) electrons. The second-order valence-electron chi connectivity index (χ2n) is 22.2. The van der Waals surface area contributed by atoms with Gasteiger partial charge in [-0.05, 0) is 114 Å². The minimum atomic E-state index is -1.70. The summed E-state index contributed by atoms with van der Waals surface area (Å²) in [4.78, 5) is 12.7. The third-order valence-electron chi connectivity index (χ3n) is 14.7. The molecule has 2 saturated heterocycles. The highest BCUT2D eigenvalue weighted by atomic mass is 16.7. The molecule has 2 heterocycles. The van der Waals surface area contributed by atoms with Crippen LogP contribution >= 0.6 is 0 Å². The van der Waals surface area contributed by atoms with Crippen LogP contribution in [0, 0.1) is 130 Å².